The maximum Gasteiger partial charge on any atom is 0.405 e. The number of halogens is 4. The molecule has 2 rings (SSSR count). The minimum atomic E-state index is -4.38. The Balaban J connectivity index is 0.00000364. The number of methoxy groups -OCH3 is 1. The molecule has 0 aromatic heterocycles. The summed E-state index contributed by atoms with van der Waals surface area (Å²) in [6.07, 6.45) is -4.40. The minimum absolute atomic E-state index is 0. The minimum Gasteiger partial charge on any atom is -0.497 e. The third-order valence-corrected chi connectivity index (χ3v) is 4.12. The maximum atomic E-state index is 13.2. The van der Waals surface area contributed by atoms with E-state index < -0.39 is 24.7 Å². The van der Waals surface area contributed by atoms with E-state index in [-0.39, 0.29) is 25.4 Å². The fourth-order valence-electron chi connectivity index (χ4n) is 2.68. The van der Waals surface area contributed by atoms with Gasteiger partial charge in [-0.25, -0.2) is 0 Å². The Hall–Kier alpha value is -1.71. The molecule has 1 aromatic rings. The lowest BCUT2D eigenvalue weighted by Gasteiger charge is -2.35. The van der Waals surface area contributed by atoms with Gasteiger partial charge in [0.25, 0.3) is 0 Å². The van der Waals surface area contributed by atoms with E-state index >= 15 is 0 Å². The van der Waals surface area contributed by atoms with Crippen LogP contribution in [0.3, 0.4) is 0 Å². The molecule has 1 aliphatic heterocycles. The number of amides is 1. The van der Waals surface area contributed by atoms with E-state index in [0.717, 1.165) is 0 Å². The van der Waals surface area contributed by atoms with Crippen molar-refractivity contribution in [2.45, 2.75) is 18.6 Å². The van der Waals surface area contributed by atoms with Crippen molar-refractivity contribution >= 4 is 18.3 Å². The van der Waals surface area contributed by atoms with Crippen molar-refractivity contribution in [3.8, 4) is 11.5 Å². The molecular formula is C17H25ClF3N3O3. The molecule has 27 heavy (non-hydrogen) atoms. The number of carbonyl (C=O) groups is 1. The molecule has 0 aliphatic carbocycles. The number of alkyl halides is 3. The van der Waals surface area contributed by atoms with Gasteiger partial charge < -0.3 is 20.1 Å². The molecule has 154 valence electrons. The highest BCUT2D eigenvalue weighted by Crippen LogP contribution is 2.24. The summed E-state index contributed by atoms with van der Waals surface area (Å²) in [6, 6.07) is 5.16. The van der Waals surface area contributed by atoms with Crippen molar-refractivity contribution in [1.82, 2.24) is 15.5 Å². The first-order valence-electron chi connectivity index (χ1n) is 8.45. The molecule has 1 heterocycles. The number of nitrogens with zero attached hydrogens (tertiary/aromatic N) is 1. The second-order valence-electron chi connectivity index (χ2n) is 5.92. The van der Waals surface area contributed by atoms with Gasteiger partial charge in [0.05, 0.1) is 20.1 Å². The van der Waals surface area contributed by atoms with Crippen LogP contribution in [-0.4, -0.2) is 69.5 Å². The third kappa shape index (κ3) is 7.82. The Labute approximate surface area is 162 Å². The Morgan fingerprint density at radius 2 is 1.81 bits per heavy atom. The molecule has 10 heteroatoms. The molecule has 1 amide bonds. The van der Waals surface area contributed by atoms with Gasteiger partial charge in [-0.3, -0.25) is 9.69 Å². The van der Waals surface area contributed by atoms with E-state index in [1.165, 1.54) is 4.90 Å². The zero-order chi connectivity index (χ0) is 19.0. The number of hydrogen-bond donors (Lipinski definition) is 2. The fraction of sp³-hybridized carbons (Fsp3) is 0.588. The number of piperazine rings is 1. The van der Waals surface area contributed by atoms with Crippen LogP contribution in [0.2, 0.25) is 0 Å². The van der Waals surface area contributed by atoms with Crippen molar-refractivity contribution in [3.63, 3.8) is 0 Å². The van der Waals surface area contributed by atoms with E-state index in [9.17, 15) is 18.0 Å². The summed E-state index contributed by atoms with van der Waals surface area (Å²) in [6.45, 7) is 1.26. The molecule has 0 bridgehead atoms. The van der Waals surface area contributed by atoms with Crippen LogP contribution < -0.4 is 20.1 Å². The van der Waals surface area contributed by atoms with Crippen molar-refractivity contribution in [2.75, 3.05) is 46.4 Å². The monoisotopic (exact) mass is 411 g/mol. The normalized spacial score (nSPS) is 16.1. The first-order chi connectivity index (χ1) is 12.4. The van der Waals surface area contributed by atoms with Gasteiger partial charge in [0, 0.05) is 32.7 Å². The van der Waals surface area contributed by atoms with Crippen LogP contribution in [-0.2, 0) is 4.79 Å². The number of nitrogens with one attached hydrogen (secondary N) is 2. The number of carbonyl (C=O) groups excluding carboxylic acids is 1. The summed E-state index contributed by atoms with van der Waals surface area (Å²) in [5.74, 6) is 0.775. The average molecular weight is 412 g/mol. The summed E-state index contributed by atoms with van der Waals surface area (Å²) in [5.41, 5.74) is 0. The SMILES string of the molecule is COc1ccc(OCCC(=O)NCC(N2CCNCC2)C(F)(F)F)cc1.Cl. The first-order valence-corrected chi connectivity index (χ1v) is 8.45. The summed E-state index contributed by atoms with van der Waals surface area (Å²) < 4.78 is 50.2. The molecule has 6 nitrogen and oxygen atoms in total. The topological polar surface area (TPSA) is 62.8 Å². The molecule has 1 fully saturated rings. The molecule has 0 radical (unpaired) electrons. The lowest BCUT2D eigenvalue weighted by atomic mass is 10.2. The van der Waals surface area contributed by atoms with E-state index in [1.54, 1.807) is 31.4 Å². The zero-order valence-electron chi connectivity index (χ0n) is 15.1. The van der Waals surface area contributed by atoms with Gasteiger partial charge in [0.1, 0.15) is 17.5 Å². The molecule has 1 aromatic carbocycles. The van der Waals surface area contributed by atoms with Crippen LogP contribution in [0.1, 0.15) is 6.42 Å². The van der Waals surface area contributed by atoms with E-state index in [0.29, 0.717) is 37.7 Å². The Morgan fingerprint density at radius 3 is 2.37 bits per heavy atom. The standard InChI is InChI=1S/C17H24F3N3O3.ClH/c1-25-13-2-4-14(5-3-13)26-11-6-16(24)22-12-15(17(18,19)20)23-9-7-21-8-10-23;/h2-5,15,21H,6-12H2,1H3,(H,22,24);1H. The largest absolute Gasteiger partial charge is 0.497 e. The van der Waals surface area contributed by atoms with E-state index in [4.69, 9.17) is 9.47 Å². The molecule has 1 aliphatic rings. The van der Waals surface area contributed by atoms with Gasteiger partial charge in [-0.1, -0.05) is 0 Å². The zero-order valence-corrected chi connectivity index (χ0v) is 15.9. The second-order valence-corrected chi connectivity index (χ2v) is 5.92. The summed E-state index contributed by atoms with van der Waals surface area (Å²) in [5, 5.41) is 5.39. The molecular weight excluding hydrogens is 387 g/mol. The highest BCUT2D eigenvalue weighted by Gasteiger charge is 2.43. The predicted molar refractivity (Wildman–Crippen MR) is 97.6 cm³/mol. The number of rotatable bonds is 8. The van der Waals surface area contributed by atoms with Gasteiger partial charge in [0.2, 0.25) is 5.91 Å². The van der Waals surface area contributed by atoms with Crippen molar-refractivity contribution < 1.29 is 27.4 Å². The Morgan fingerprint density at radius 1 is 1.22 bits per heavy atom. The lowest BCUT2D eigenvalue weighted by Crippen LogP contribution is -2.57. The van der Waals surface area contributed by atoms with E-state index in [2.05, 4.69) is 10.6 Å². The first kappa shape index (κ1) is 23.3. The lowest BCUT2D eigenvalue weighted by molar-refractivity contribution is -0.184. The molecule has 1 atom stereocenters. The third-order valence-electron chi connectivity index (χ3n) is 4.12. The molecule has 0 saturated carbocycles. The van der Waals surface area contributed by atoms with Gasteiger partial charge in [-0.05, 0) is 24.3 Å². The summed E-state index contributed by atoms with van der Waals surface area (Å²) in [7, 11) is 1.55. The van der Waals surface area contributed by atoms with Gasteiger partial charge >= 0.3 is 6.18 Å². The number of hydrogen-bond acceptors (Lipinski definition) is 5. The quantitative estimate of drug-likeness (QED) is 0.683. The van der Waals surface area contributed by atoms with Crippen molar-refractivity contribution in [1.29, 1.82) is 0 Å². The predicted octanol–water partition coefficient (Wildman–Crippen LogP) is 1.84. The Bertz CT molecular complexity index is 567. The summed E-state index contributed by atoms with van der Waals surface area (Å²) >= 11 is 0. The highest BCUT2D eigenvalue weighted by atomic mass is 35.5. The van der Waals surface area contributed by atoms with Gasteiger partial charge in [-0.15, -0.1) is 12.4 Å². The van der Waals surface area contributed by atoms with Crippen molar-refractivity contribution in [3.05, 3.63) is 24.3 Å². The maximum absolute atomic E-state index is 13.2. The molecule has 1 saturated heterocycles. The van der Waals surface area contributed by atoms with Crippen LogP contribution in [0.5, 0.6) is 11.5 Å². The highest BCUT2D eigenvalue weighted by molar-refractivity contribution is 5.85. The van der Waals surface area contributed by atoms with Crippen molar-refractivity contribution in [2.24, 2.45) is 0 Å². The van der Waals surface area contributed by atoms with Crippen LogP contribution >= 0.6 is 12.4 Å². The van der Waals surface area contributed by atoms with Crippen LogP contribution in [0, 0.1) is 0 Å². The van der Waals surface area contributed by atoms with E-state index in [1.807, 2.05) is 0 Å². The van der Waals surface area contributed by atoms with Crippen LogP contribution in [0.25, 0.3) is 0 Å². The molecule has 2 N–H and O–H groups in total. The second kappa shape index (κ2) is 11.2. The van der Waals surface area contributed by atoms with Gasteiger partial charge in [0.15, 0.2) is 0 Å². The smallest absolute Gasteiger partial charge is 0.405 e. The molecule has 1 unspecified atom stereocenters. The van der Waals surface area contributed by atoms with Gasteiger partial charge in [-0.2, -0.15) is 13.2 Å². The summed E-state index contributed by atoms with van der Waals surface area (Å²) in [4.78, 5) is 13.2. The fourth-order valence-corrected chi connectivity index (χ4v) is 2.68. The number of ether oxygens (including phenoxy) is 2. The number of benzene rings is 1. The van der Waals surface area contributed by atoms with Crippen LogP contribution in [0.15, 0.2) is 24.3 Å². The van der Waals surface area contributed by atoms with Crippen LogP contribution in [0.4, 0.5) is 13.2 Å². The Kier molecular flexibility index (Phi) is 9.68. The average Bonchev–Trinajstić information content (AvgIpc) is 2.62. The molecule has 0 spiro atoms.